The molecule has 1 amide bonds. The van der Waals surface area contributed by atoms with Crippen molar-refractivity contribution in [2.45, 2.75) is 39.0 Å². The molecule has 0 aliphatic heterocycles. The predicted octanol–water partition coefficient (Wildman–Crippen LogP) is 2.76. The van der Waals surface area contributed by atoms with E-state index in [1.54, 1.807) is 0 Å². The second kappa shape index (κ2) is 6.92. The van der Waals surface area contributed by atoms with Gasteiger partial charge in [0.2, 0.25) is 0 Å². The van der Waals surface area contributed by atoms with Gasteiger partial charge < -0.3 is 11.1 Å². The van der Waals surface area contributed by atoms with Gasteiger partial charge >= 0.3 is 0 Å². The normalized spacial score (nSPS) is 16.5. The molecule has 1 saturated carbocycles. The van der Waals surface area contributed by atoms with Crippen molar-refractivity contribution in [3.63, 3.8) is 0 Å². The predicted molar refractivity (Wildman–Crippen MR) is 83.8 cm³/mol. The van der Waals surface area contributed by atoms with Gasteiger partial charge in [0.1, 0.15) is 0 Å². The maximum atomic E-state index is 12.2. The van der Waals surface area contributed by atoms with Crippen molar-refractivity contribution in [2.24, 2.45) is 11.1 Å². The maximum absolute atomic E-state index is 12.2. The monoisotopic (exact) mass is 290 g/mol. The number of nitrogens with one attached hydrogen (secondary N) is 1. The summed E-state index contributed by atoms with van der Waals surface area (Å²) in [6.07, 6.45) is 6.21. The molecule has 108 valence electrons. The van der Waals surface area contributed by atoms with E-state index >= 15 is 0 Å². The molecule has 0 unspecified atom stereocenters. The Bertz CT molecular complexity index is 518. The van der Waals surface area contributed by atoms with Crippen LogP contribution in [0, 0.1) is 17.3 Å². The zero-order chi connectivity index (χ0) is 14.4. The fourth-order valence-electron chi connectivity index (χ4n) is 2.80. The first-order valence-corrected chi connectivity index (χ1v) is 8.08. The molecule has 0 aromatic carbocycles. The van der Waals surface area contributed by atoms with Gasteiger partial charge in [-0.2, -0.15) is 0 Å². The van der Waals surface area contributed by atoms with E-state index in [4.69, 9.17) is 5.73 Å². The largest absolute Gasteiger partial charge is 0.351 e. The van der Waals surface area contributed by atoms with Gasteiger partial charge in [0.15, 0.2) is 0 Å². The van der Waals surface area contributed by atoms with E-state index in [0.29, 0.717) is 12.0 Å². The third-order valence-electron chi connectivity index (χ3n) is 4.18. The molecule has 1 aliphatic carbocycles. The van der Waals surface area contributed by atoms with Gasteiger partial charge in [-0.25, -0.2) is 0 Å². The zero-order valence-electron chi connectivity index (χ0n) is 12.0. The summed E-state index contributed by atoms with van der Waals surface area (Å²) in [5.41, 5.74) is 5.67. The molecule has 1 aliphatic rings. The molecule has 1 aromatic heterocycles. The standard InChI is InChI=1S/C16H22N2OS/c1-2-16(9-3-4-10-16)12-18-15(19)14-8-7-13(20-14)6-5-11-17/h7-8H,2-4,9-12,17H2,1H3,(H,18,19). The summed E-state index contributed by atoms with van der Waals surface area (Å²) in [6.45, 7) is 3.37. The lowest BCUT2D eigenvalue weighted by Crippen LogP contribution is -2.35. The number of rotatable bonds is 4. The Hall–Kier alpha value is -1.31. The Balaban J connectivity index is 1.93. The minimum atomic E-state index is 0.0236. The van der Waals surface area contributed by atoms with Crippen molar-refractivity contribution in [3.05, 3.63) is 21.9 Å². The van der Waals surface area contributed by atoms with E-state index in [1.807, 2.05) is 12.1 Å². The summed E-state index contributed by atoms with van der Waals surface area (Å²) in [6, 6.07) is 3.72. The Kier molecular flexibility index (Phi) is 5.22. The molecule has 0 saturated heterocycles. The molecular formula is C16H22N2OS. The van der Waals surface area contributed by atoms with Crippen LogP contribution in [0.5, 0.6) is 0 Å². The van der Waals surface area contributed by atoms with Crippen LogP contribution in [-0.2, 0) is 0 Å². The lowest BCUT2D eigenvalue weighted by atomic mass is 9.83. The average Bonchev–Trinajstić information content (AvgIpc) is 3.12. The average molecular weight is 290 g/mol. The zero-order valence-corrected chi connectivity index (χ0v) is 12.8. The van der Waals surface area contributed by atoms with Crippen LogP contribution in [0.15, 0.2) is 12.1 Å². The number of nitrogens with two attached hydrogens (primary N) is 1. The van der Waals surface area contributed by atoms with Crippen LogP contribution in [0.2, 0.25) is 0 Å². The second-order valence-corrected chi connectivity index (χ2v) is 6.50. The van der Waals surface area contributed by atoms with Crippen LogP contribution in [0.25, 0.3) is 0 Å². The number of carbonyl (C=O) groups excluding carboxylic acids is 1. The van der Waals surface area contributed by atoms with Crippen molar-refractivity contribution in [3.8, 4) is 11.8 Å². The lowest BCUT2D eigenvalue weighted by molar-refractivity contribution is 0.0933. The fraction of sp³-hybridized carbons (Fsp3) is 0.562. The number of amides is 1. The van der Waals surface area contributed by atoms with E-state index < -0.39 is 0 Å². The third kappa shape index (κ3) is 3.62. The van der Waals surface area contributed by atoms with Crippen molar-refractivity contribution in [1.82, 2.24) is 5.32 Å². The van der Waals surface area contributed by atoms with Crippen molar-refractivity contribution in [2.75, 3.05) is 13.1 Å². The molecule has 0 bridgehead atoms. The molecule has 4 heteroatoms. The Morgan fingerprint density at radius 1 is 1.45 bits per heavy atom. The first kappa shape index (κ1) is 15.1. The van der Waals surface area contributed by atoms with Gasteiger partial charge in [0.05, 0.1) is 16.3 Å². The van der Waals surface area contributed by atoms with E-state index in [9.17, 15) is 4.79 Å². The first-order chi connectivity index (χ1) is 9.69. The van der Waals surface area contributed by atoms with E-state index in [0.717, 1.165) is 22.7 Å². The highest BCUT2D eigenvalue weighted by Crippen LogP contribution is 2.40. The molecule has 3 nitrogen and oxygen atoms in total. The lowest BCUT2D eigenvalue weighted by Gasteiger charge is -2.27. The Labute approximate surface area is 124 Å². The molecule has 3 N–H and O–H groups in total. The fourth-order valence-corrected chi connectivity index (χ4v) is 3.60. The molecule has 2 rings (SSSR count). The summed E-state index contributed by atoms with van der Waals surface area (Å²) in [5.74, 6) is 5.79. The van der Waals surface area contributed by atoms with Gasteiger partial charge in [-0.3, -0.25) is 4.79 Å². The van der Waals surface area contributed by atoms with Crippen molar-refractivity contribution < 1.29 is 4.79 Å². The Morgan fingerprint density at radius 3 is 2.85 bits per heavy atom. The second-order valence-electron chi connectivity index (χ2n) is 5.41. The van der Waals surface area contributed by atoms with Gasteiger partial charge in [-0.1, -0.05) is 31.6 Å². The van der Waals surface area contributed by atoms with Gasteiger partial charge in [-0.05, 0) is 36.8 Å². The van der Waals surface area contributed by atoms with E-state index in [2.05, 4.69) is 24.1 Å². The third-order valence-corrected chi connectivity index (χ3v) is 5.18. The van der Waals surface area contributed by atoms with Crippen LogP contribution in [0.4, 0.5) is 0 Å². The number of hydrogen-bond acceptors (Lipinski definition) is 3. The molecule has 1 aromatic rings. The minimum absolute atomic E-state index is 0.0236. The van der Waals surface area contributed by atoms with Crippen molar-refractivity contribution >= 4 is 17.2 Å². The maximum Gasteiger partial charge on any atom is 0.261 e. The van der Waals surface area contributed by atoms with Gasteiger partial charge in [0.25, 0.3) is 5.91 Å². The summed E-state index contributed by atoms with van der Waals surface area (Å²) < 4.78 is 0. The Morgan fingerprint density at radius 2 is 2.20 bits per heavy atom. The van der Waals surface area contributed by atoms with E-state index in [-0.39, 0.29) is 5.91 Å². The summed E-state index contributed by atoms with van der Waals surface area (Å²) in [5, 5.41) is 3.10. The summed E-state index contributed by atoms with van der Waals surface area (Å²) >= 11 is 1.43. The highest BCUT2D eigenvalue weighted by Gasteiger charge is 2.32. The van der Waals surface area contributed by atoms with Crippen LogP contribution >= 0.6 is 11.3 Å². The minimum Gasteiger partial charge on any atom is -0.351 e. The molecule has 0 spiro atoms. The van der Waals surface area contributed by atoms with Crippen LogP contribution in [0.3, 0.4) is 0 Å². The van der Waals surface area contributed by atoms with Crippen LogP contribution < -0.4 is 11.1 Å². The highest BCUT2D eigenvalue weighted by atomic mass is 32.1. The smallest absolute Gasteiger partial charge is 0.261 e. The number of carbonyl (C=O) groups is 1. The molecule has 1 fully saturated rings. The quantitative estimate of drug-likeness (QED) is 0.838. The number of thiophene rings is 1. The SMILES string of the molecule is CCC1(CNC(=O)c2ccc(C#CCN)s2)CCCC1. The molecule has 0 atom stereocenters. The molecular weight excluding hydrogens is 268 g/mol. The van der Waals surface area contributed by atoms with Gasteiger partial charge in [-0.15, -0.1) is 11.3 Å². The topological polar surface area (TPSA) is 55.1 Å². The molecule has 0 radical (unpaired) electrons. The summed E-state index contributed by atoms with van der Waals surface area (Å²) in [7, 11) is 0. The van der Waals surface area contributed by atoms with E-state index in [1.165, 1.54) is 37.0 Å². The molecule has 1 heterocycles. The van der Waals surface area contributed by atoms with Crippen molar-refractivity contribution in [1.29, 1.82) is 0 Å². The van der Waals surface area contributed by atoms with Crippen LogP contribution in [0.1, 0.15) is 53.6 Å². The van der Waals surface area contributed by atoms with Crippen LogP contribution in [-0.4, -0.2) is 19.0 Å². The molecule has 20 heavy (non-hydrogen) atoms. The first-order valence-electron chi connectivity index (χ1n) is 7.26. The summed E-state index contributed by atoms with van der Waals surface area (Å²) in [4.78, 5) is 13.8. The van der Waals surface area contributed by atoms with Gasteiger partial charge in [0, 0.05) is 6.54 Å². The highest BCUT2D eigenvalue weighted by molar-refractivity contribution is 7.14. The number of hydrogen-bond donors (Lipinski definition) is 2.